The number of ether oxygens (including phenoxy) is 1. The first kappa shape index (κ1) is 20.7. The maximum atomic E-state index is 11.7. The van der Waals surface area contributed by atoms with Crippen LogP contribution in [0.15, 0.2) is 54.6 Å². The third-order valence-electron chi connectivity index (χ3n) is 3.69. The van der Waals surface area contributed by atoms with E-state index in [1.54, 1.807) is 24.3 Å². The van der Waals surface area contributed by atoms with Crippen LogP contribution in [-0.4, -0.2) is 40.7 Å². The largest absolute Gasteiger partial charge is 0.445 e. The third kappa shape index (κ3) is 6.90. The normalized spacial score (nSPS) is 12.7. The quantitative estimate of drug-likeness (QED) is 0.515. The fourth-order valence-electron chi connectivity index (χ4n) is 2.25. The molecule has 0 saturated heterocycles. The van der Waals surface area contributed by atoms with Crippen LogP contribution in [0.4, 0.5) is 10.5 Å². The van der Waals surface area contributed by atoms with Crippen LogP contribution in [0, 0.1) is 0 Å². The summed E-state index contributed by atoms with van der Waals surface area (Å²) >= 11 is 5.41. The zero-order valence-corrected chi connectivity index (χ0v) is 15.2. The molecule has 144 valence electrons. The summed E-state index contributed by atoms with van der Waals surface area (Å²) in [5.41, 5.74) is 1.80. The number of aliphatic hydroxyl groups excluding tert-OH is 2. The van der Waals surface area contributed by atoms with E-state index in [1.165, 1.54) is 0 Å². The average Bonchev–Trinajstić information content (AvgIpc) is 2.71. The number of halogens is 1. The van der Waals surface area contributed by atoms with Crippen LogP contribution >= 0.6 is 11.6 Å². The molecule has 2 atom stereocenters. The van der Waals surface area contributed by atoms with Crippen LogP contribution < -0.4 is 10.6 Å². The van der Waals surface area contributed by atoms with Gasteiger partial charge in [0.1, 0.15) is 24.7 Å². The van der Waals surface area contributed by atoms with Crippen molar-refractivity contribution in [3.8, 4) is 0 Å². The lowest BCUT2D eigenvalue weighted by Gasteiger charge is -2.19. The van der Waals surface area contributed by atoms with Crippen molar-refractivity contribution in [1.29, 1.82) is 0 Å². The second kappa shape index (κ2) is 10.5. The lowest BCUT2D eigenvalue weighted by atomic mass is 10.0. The van der Waals surface area contributed by atoms with Gasteiger partial charge in [0, 0.05) is 12.2 Å². The van der Waals surface area contributed by atoms with E-state index in [1.807, 2.05) is 30.3 Å². The SMILES string of the molecule is O=C(CCl)Nc1ccc(C(O)C(O)CNC(=O)OCc2ccccc2)cc1. The van der Waals surface area contributed by atoms with Gasteiger partial charge in [-0.15, -0.1) is 11.6 Å². The molecule has 2 aromatic carbocycles. The van der Waals surface area contributed by atoms with Gasteiger partial charge in [0.15, 0.2) is 0 Å². The highest BCUT2D eigenvalue weighted by atomic mass is 35.5. The molecule has 7 nitrogen and oxygen atoms in total. The van der Waals surface area contributed by atoms with E-state index >= 15 is 0 Å². The molecule has 27 heavy (non-hydrogen) atoms. The second-order valence-electron chi connectivity index (χ2n) is 5.76. The van der Waals surface area contributed by atoms with Crippen LogP contribution in [0.3, 0.4) is 0 Å². The summed E-state index contributed by atoms with van der Waals surface area (Å²) in [6.07, 6.45) is -3.13. The Labute approximate surface area is 161 Å². The molecule has 0 bridgehead atoms. The maximum Gasteiger partial charge on any atom is 0.407 e. The maximum absolute atomic E-state index is 11.7. The monoisotopic (exact) mass is 392 g/mol. The van der Waals surface area contributed by atoms with Crippen molar-refractivity contribution in [1.82, 2.24) is 5.32 Å². The lowest BCUT2D eigenvalue weighted by molar-refractivity contribution is -0.113. The molecule has 2 aromatic rings. The number of benzene rings is 2. The lowest BCUT2D eigenvalue weighted by Crippen LogP contribution is -2.35. The van der Waals surface area contributed by atoms with Gasteiger partial charge >= 0.3 is 6.09 Å². The zero-order valence-electron chi connectivity index (χ0n) is 14.5. The first-order chi connectivity index (χ1) is 13.0. The molecule has 0 aliphatic carbocycles. The molecule has 0 radical (unpaired) electrons. The van der Waals surface area contributed by atoms with E-state index in [0.717, 1.165) is 5.56 Å². The summed E-state index contributed by atoms with van der Waals surface area (Å²) in [7, 11) is 0. The van der Waals surface area contributed by atoms with Gasteiger partial charge in [-0.3, -0.25) is 4.79 Å². The smallest absolute Gasteiger partial charge is 0.407 e. The summed E-state index contributed by atoms with van der Waals surface area (Å²) in [6, 6.07) is 15.5. The Bertz CT molecular complexity index is 740. The van der Waals surface area contributed by atoms with Crippen molar-refractivity contribution in [3.63, 3.8) is 0 Å². The summed E-state index contributed by atoms with van der Waals surface area (Å²) in [4.78, 5) is 22.9. The minimum atomic E-state index is -1.22. The van der Waals surface area contributed by atoms with Gasteiger partial charge in [-0.05, 0) is 23.3 Å². The van der Waals surface area contributed by atoms with Crippen molar-refractivity contribution < 1.29 is 24.5 Å². The molecule has 8 heteroatoms. The van der Waals surface area contributed by atoms with Gasteiger partial charge in [-0.25, -0.2) is 4.79 Å². The Hall–Kier alpha value is -2.61. The number of alkyl halides is 1. The number of carbonyl (C=O) groups is 2. The number of hydrogen-bond donors (Lipinski definition) is 4. The fraction of sp³-hybridized carbons (Fsp3) is 0.263. The Morgan fingerprint density at radius 1 is 1.04 bits per heavy atom. The van der Waals surface area contributed by atoms with Crippen molar-refractivity contribution in [2.45, 2.75) is 18.8 Å². The molecule has 2 amide bonds. The van der Waals surface area contributed by atoms with Crippen molar-refractivity contribution in [2.24, 2.45) is 0 Å². The molecule has 2 rings (SSSR count). The van der Waals surface area contributed by atoms with Crippen LogP contribution in [-0.2, 0) is 16.1 Å². The number of carbonyl (C=O) groups excluding carboxylic acids is 2. The first-order valence-corrected chi connectivity index (χ1v) is 8.79. The van der Waals surface area contributed by atoms with Crippen molar-refractivity contribution in [2.75, 3.05) is 17.7 Å². The number of rotatable bonds is 8. The van der Waals surface area contributed by atoms with Crippen LogP contribution in [0.25, 0.3) is 0 Å². The summed E-state index contributed by atoms with van der Waals surface area (Å²) in [6.45, 7) is -0.0691. The number of nitrogens with one attached hydrogen (secondary N) is 2. The van der Waals surface area contributed by atoms with E-state index in [0.29, 0.717) is 11.3 Å². The summed E-state index contributed by atoms with van der Waals surface area (Å²) < 4.78 is 5.03. The Kier molecular flexibility index (Phi) is 8.06. The van der Waals surface area contributed by atoms with E-state index in [2.05, 4.69) is 10.6 Å². The van der Waals surface area contributed by atoms with Gasteiger partial charge in [0.05, 0.1) is 0 Å². The van der Waals surface area contributed by atoms with Crippen molar-refractivity contribution >= 4 is 29.3 Å². The van der Waals surface area contributed by atoms with Crippen LogP contribution in [0.5, 0.6) is 0 Å². The van der Waals surface area contributed by atoms with Gasteiger partial charge in [-0.1, -0.05) is 42.5 Å². The second-order valence-corrected chi connectivity index (χ2v) is 6.03. The molecular weight excluding hydrogens is 372 g/mol. The molecule has 0 fully saturated rings. The molecule has 0 saturated carbocycles. The van der Waals surface area contributed by atoms with E-state index in [9.17, 15) is 19.8 Å². The van der Waals surface area contributed by atoms with E-state index in [4.69, 9.17) is 16.3 Å². The number of aliphatic hydroxyl groups is 2. The van der Waals surface area contributed by atoms with Gasteiger partial charge in [0.25, 0.3) is 0 Å². The molecule has 0 aromatic heterocycles. The molecule has 0 heterocycles. The van der Waals surface area contributed by atoms with Crippen LogP contribution in [0.1, 0.15) is 17.2 Å². The fourth-order valence-corrected chi connectivity index (χ4v) is 2.32. The third-order valence-corrected chi connectivity index (χ3v) is 3.93. The standard InChI is InChI=1S/C19H21ClN2O5/c20-10-17(24)22-15-8-6-14(7-9-15)18(25)16(23)11-21-19(26)27-12-13-4-2-1-3-5-13/h1-9,16,18,23,25H,10-12H2,(H,21,26)(H,22,24). The number of hydrogen-bond acceptors (Lipinski definition) is 5. The topological polar surface area (TPSA) is 108 Å². The Morgan fingerprint density at radius 2 is 1.70 bits per heavy atom. The zero-order chi connectivity index (χ0) is 19.6. The molecule has 0 aliphatic rings. The predicted molar refractivity (Wildman–Crippen MR) is 101 cm³/mol. The first-order valence-electron chi connectivity index (χ1n) is 8.26. The highest BCUT2D eigenvalue weighted by Crippen LogP contribution is 2.19. The van der Waals surface area contributed by atoms with E-state index in [-0.39, 0.29) is 24.9 Å². The average molecular weight is 393 g/mol. The Balaban J connectivity index is 1.78. The molecule has 0 aliphatic heterocycles. The number of amides is 2. The van der Waals surface area contributed by atoms with Gasteiger partial charge in [0.2, 0.25) is 5.91 Å². The minimum absolute atomic E-state index is 0.112. The molecule has 0 spiro atoms. The van der Waals surface area contributed by atoms with Crippen molar-refractivity contribution in [3.05, 3.63) is 65.7 Å². The van der Waals surface area contributed by atoms with E-state index < -0.39 is 18.3 Å². The minimum Gasteiger partial charge on any atom is -0.445 e. The highest BCUT2D eigenvalue weighted by Gasteiger charge is 2.19. The highest BCUT2D eigenvalue weighted by molar-refractivity contribution is 6.29. The van der Waals surface area contributed by atoms with Gasteiger partial charge < -0.3 is 25.6 Å². The van der Waals surface area contributed by atoms with Gasteiger partial charge in [-0.2, -0.15) is 0 Å². The van der Waals surface area contributed by atoms with Crippen LogP contribution in [0.2, 0.25) is 0 Å². The predicted octanol–water partition coefficient (Wildman–Crippen LogP) is 2.18. The summed E-state index contributed by atoms with van der Waals surface area (Å²) in [5, 5.41) is 25.2. The molecular formula is C19H21ClN2O5. The molecule has 4 N–H and O–H groups in total. The summed E-state index contributed by atoms with van der Waals surface area (Å²) in [5.74, 6) is -0.502. The number of alkyl carbamates (subject to hydrolysis) is 1. The number of anilines is 1. The molecule has 2 unspecified atom stereocenters. The Morgan fingerprint density at radius 3 is 2.33 bits per heavy atom.